The van der Waals surface area contributed by atoms with Crippen LogP contribution in [0.1, 0.15) is 5.56 Å². The standard InChI is InChI=1S/C14H15NO2.HO3P/c1-17-12-8-6-11(7-9-12)10-15-13-4-2-3-5-14(13)16;1-4(2)3/h2-9,15-16H,10H2,1H3;(H-,1,2,3)/p+1. The van der Waals surface area contributed by atoms with Gasteiger partial charge in [-0.1, -0.05) is 24.3 Å². The number of ether oxygens (including phenoxy) is 1. The molecule has 2 aromatic carbocycles. The average Bonchev–Trinajstić information content (AvgIpc) is 2.46. The fourth-order valence-corrected chi connectivity index (χ4v) is 1.56. The first-order valence-electron chi connectivity index (χ1n) is 6.02. The van der Waals surface area contributed by atoms with Crippen LogP contribution in [0.15, 0.2) is 48.5 Å². The van der Waals surface area contributed by atoms with Crippen LogP contribution < -0.4 is 10.1 Å². The molecule has 0 atom stereocenters. The second-order valence-electron chi connectivity index (χ2n) is 3.97. The third-order valence-electron chi connectivity index (χ3n) is 2.55. The van der Waals surface area contributed by atoms with Gasteiger partial charge in [-0.05, 0) is 29.8 Å². The highest BCUT2D eigenvalue weighted by Gasteiger charge is 1.99. The Morgan fingerprint density at radius 3 is 2.19 bits per heavy atom. The molecular weight excluding hydrogens is 293 g/mol. The smallest absolute Gasteiger partial charge is 0.506 e. The Labute approximate surface area is 123 Å². The number of aromatic hydroxyl groups is 1. The maximum absolute atomic E-state index is 9.59. The maximum atomic E-state index is 9.59. The zero-order chi connectivity index (χ0) is 15.7. The van der Waals surface area contributed by atoms with E-state index in [9.17, 15) is 5.11 Å². The number of para-hydroxylation sites is 2. The van der Waals surface area contributed by atoms with E-state index in [0.717, 1.165) is 17.0 Å². The topological polar surface area (TPSA) is 99.0 Å². The molecule has 0 radical (unpaired) electrons. The number of hydrogen-bond acceptors (Lipinski definition) is 4. The van der Waals surface area contributed by atoms with E-state index in [-0.39, 0.29) is 5.75 Å². The van der Waals surface area contributed by atoms with Gasteiger partial charge in [-0.2, -0.15) is 0 Å². The predicted octanol–water partition coefficient (Wildman–Crippen LogP) is 2.64. The van der Waals surface area contributed by atoms with Crippen molar-refractivity contribution in [1.82, 2.24) is 0 Å². The van der Waals surface area contributed by atoms with Gasteiger partial charge in [0.15, 0.2) is 0 Å². The summed E-state index contributed by atoms with van der Waals surface area (Å²) < 4.78 is 13.8. The summed E-state index contributed by atoms with van der Waals surface area (Å²) in [5.74, 6) is 1.11. The Morgan fingerprint density at radius 1 is 1.10 bits per heavy atom. The Hall–Kier alpha value is -2.14. The summed E-state index contributed by atoms with van der Waals surface area (Å²) in [6, 6.07) is 15.0. The number of phenols is 1. The molecule has 0 aliphatic rings. The van der Waals surface area contributed by atoms with Gasteiger partial charge in [-0.15, -0.1) is 9.79 Å². The molecule has 0 spiro atoms. The molecule has 0 aliphatic carbocycles. The highest BCUT2D eigenvalue weighted by molar-refractivity contribution is 7.30. The SMILES string of the molecule is COc1ccc(CNc2ccccc2O)cc1.O=[P+](O)O. The van der Waals surface area contributed by atoms with E-state index in [4.69, 9.17) is 19.1 Å². The molecule has 0 bridgehead atoms. The van der Waals surface area contributed by atoms with Crippen LogP contribution in [-0.4, -0.2) is 22.0 Å². The summed E-state index contributed by atoms with van der Waals surface area (Å²) in [5.41, 5.74) is 1.87. The number of phenolic OH excluding ortho intramolecular Hbond substituents is 1. The molecule has 112 valence electrons. The monoisotopic (exact) mass is 310 g/mol. The minimum absolute atomic E-state index is 0.265. The van der Waals surface area contributed by atoms with Gasteiger partial charge in [-0.3, -0.25) is 0 Å². The van der Waals surface area contributed by atoms with Crippen LogP contribution in [0.4, 0.5) is 5.69 Å². The first-order valence-corrected chi connectivity index (χ1v) is 7.19. The predicted molar refractivity (Wildman–Crippen MR) is 80.5 cm³/mol. The van der Waals surface area contributed by atoms with Gasteiger partial charge in [0.25, 0.3) is 0 Å². The van der Waals surface area contributed by atoms with E-state index in [2.05, 4.69) is 5.32 Å². The van der Waals surface area contributed by atoms with Crippen LogP contribution in [-0.2, 0) is 11.1 Å². The van der Waals surface area contributed by atoms with Gasteiger partial charge in [0.2, 0.25) is 0 Å². The van der Waals surface area contributed by atoms with Gasteiger partial charge in [0.1, 0.15) is 11.5 Å². The number of rotatable bonds is 4. The molecule has 2 rings (SSSR count). The summed E-state index contributed by atoms with van der Waals surface area (Å²) in [4.78, 5) is 14.2. The molecule has 0 saturated heterocycles. The van der Waals surface area contributed by atoms with Crippen LogP contribution in [0.5, 0.6) is 11.5 Å². The van der Waals surface area contributed by atoms with E-state index in [1.165, 1.54) is 0 Å². The molecule has 2 aromatic rings. The first kappa shape index (κ1) is 16.9. The van der Waals surface area contributed by atoms with Crippen LogP contribution >= 0.6 is 8.25 Å². The van der Waals surface area contributed by atoms with Crippen LogP contribution in [0, 0.1) is 0 Å². The summed E-state index contributed by atoms with van der Waals surface area (Å²) in [7, 11) is -1.22. The quantitative estimate of drug-likeness (QED) is 0.512. The van der Waals surface area contributed by atoms with E-state index < -0.39 is 8.25 Å². The number of nitrogens with one attached hydrogen (secondary N) is 1. The average molecular weight is 310 g/mol. The summed E-state index contributed by atoms with van der Waals surface area (Å²) in [6.07, 6.45) is 0. The Bertz CT molecular complexity index is 570. The first-order chi connectivity index (χ1) is 10.0. The molecule has 0 saturated carbocycles. The molecule has 0 aliphatic heterocycles. The minimum Gasteiger partial charge on any atom is -0.506 e. The summed E-state index contributed by atoms with van der Waals surface area (Å²) in [6.45, 7) is 0.668. The Kier molecular flexibility index (Phi) is 7.18. The van der Waals surface area contributed by atoms with E-state index in [1.54, 1.807) is 19.2 Å². The van der Waals surface area contributed by atoms with E-state index in [1.807, 2.05) is 36.4 Å². The Balaban J connectivity index is 0.000000491. The highest BCUT2D eigenvalue weighted by atomic mass is 31.1. The molecule has 0 unspecified atom stereocenters. The second kappa shape index (κ2) is 8.92. The normalized spacial score (nSPS) is 9.29. The number of methoxy groups -OCH3 is 1. The molecule has 7 heteroatoms. The fraction of sp³-hybridized carbons (Fsp3) is 0.143. The van der Waals surface area contributed by atoms with Crippen molar-refractivity contribution in [3.05, 3.63) is 54.1 Å². The third-order valence-corrected chi connectivity index (χ3v) is 2.55. The molecule has 0 heterocycles. The lowest BCUT2D eigenvalue weighted by Gasteiger charge is -2.08. The molecule has 0 fully saturated rings. The fourth-order valence-electron chi connectivity index (χ4n) is 1.56. The van der Waals surface area contributed by atoms with Crippen molar-refractivity contribution in [2.75, 3.05) is 12.4 Å². The van der Waals surface area contributed by atoms with Crippen molar-refractivity contribution < 1.29 is 24.2 Å². The van der Waals surface area contributed by atoms with Crippen molar-refractivity contribution in [2.45, 2.75) is 6.54 Å². The lowest BCUT2D eigenvalue weighted by molar-refractivity contribution is 0.405. The number of benzene rings is 2. The van der Waals surface area contributed by atoms with Crippen molar-refractivity contribution in [3.8, 4) is 11.5 Å². The van der Waals surface area contributed by atoms with Crippen LogP contribution in [0.2, 0.25) is 0 Å². The summed E-state index contributed by atoms with van der Waals surface area (Å²) in [5, 5.41) is 12.8. The van der Waals surface area contributed by atoms with Crippen LogP contribution in [0.3, 0.4) is 0 Å². The lowest BCUT2D eigenvalue weighted by atomic mass is 10.2. The van der Waals surface area contributed by atoms with Crippen molar-refractivity contribution >= 4 is 13.9 Å². The highest BCUT2D eigenvalue weighted by Crippen LogP contribution is 2.22. The van der Waals surface area contributed by atoms with Crippen LogP contribution in [0.25, 0.3) is 0 Å². The second-order valence-corrected chi connectivity index (χ2v) is 4.48. The minimum atomic E-state index is -2.87. The number of hydrogen-bond donors (Lipinski definition) is 4. The van der Waals surface area contributed by atoms with Gasteiger partial charge in [0, 0.05) is 11.1 Å². The maximum Gasteiger partial charge on any atom is 0.692 e. The van der Waals surface area contributed by atoms with Gasteiger partial charge >= 0.3 is 8.25 Å². The third kappa shape index (κ3) is 6.72. The van der Waals surface area contributed by atoms with E-state index >= 15 is 0 Å². The van der Waals surface area contributed by atoms with E-state index in [0.29, 0.717) is 6.54 Å². The van der Waals surface area contributed by atoms with Crippen molar-refractivity contribution in [3.63, 3.8) is 0 Å². The largest absolute Gasteiger partial charge is 0.692 e. The molecule has 6 nitrogen and oxygen atoms in total. The van der Waals surface area contributed by atoms with Gasteiger partial charge < -0.3 is 15.2 Å². The van der Waals surface area contributed by atoms with Crippen molar-refractivity contribution in [2.24, 2.45) is 0 Å². The molecule has 4 N–H and O–H groups in total. The zero-order valence-corrected chi connectivity index (χ0v) is 12.3. The zero-order valence-electron chi connectivity index (χ0n) is 11.4. The molecular formula is C14H17NO5P+. The van der Waals surface area contributed by atoms with Gasteiger partial charge in [0.05, 0.1) is 12.8 Å². The number of anilines is 1. The Morgan fingerprint density at radius 2 is 1.67 bits per heavy atom. The molecule has 0 aromatic heterocycles. The van der Waals surface area contributed by atoms with Crippen molar-refractivity contribution in [1.29, 1.82) is 0 Å². The van der Waals surface area contributed by atoms with Gasteiger partial charge in [-0.25, -0.2) is 0 Å². The molecule has 21 heavy (non-hydrogen) atoms. The summed E-state index contributed by atoms with van der Waals surface area (Å²) >= 11 is 0. The molecule has 0 amide bonds. The lowest BCUT2D eigenvalue weighted by Crippen LogP contribution is -1.99.